The molecule has 0 spiro atoms. The highest BCUT2D eigenvalue weighted by atomic mass is 32.2. The largest absolute Gasteiger partial charge is 0.278 e. The first kappa shape index (κ1) is 11.5. The van der Waals surface area contributed by atoms with E-state index in [4.69, 9.17) is 0 Å². The van der Waals surface area contributed by atoms with Gasteiger partial charge in [0.15, 0.2) is 0 Å². The van der Waals surface area contributed by atoms with Crippen LogP contribution in [0.5, 0.6) is 0 Å². The molecule has 1 aromatic heterocycles. The lowest BCUT2D eigenvalue weighted by Crippen LogP contribution is -1.86. The van der Waals surface area contributed by atoms with Gasteiger partial charge < -0.3 is 0 Å². The topological polar surface area (TPSA) is 28.7 Å². The summed E-state index contributed by atoms with van der Waals surface area (Å²) in [4.78, 5) is 1.31. The molecule has 2 nitrogen and oxygen atoms in total. The third-order valence-electron chi connectivity index (χ3n) is 2.87. The van der Waals surface area contributed by atoms with Gasteiger partial charge in [0.25, 0.3) is 0 Å². The van der Waals surface area contributed by atoms with Crippen LogP contribution in [0.3, 0.4) is 0 Å². The van der Waals surface area contributed by atoms with E-state index < -0.39 is 0 Å². The molecular formula is C13H18N2S. The van der Waals surface area contributed by atoms with E-state index in [2.05, 4.69) is 41.6 Å². The van der Waals surface area contributed by atoms with Crippen molar-refractivity contribution in [3.05, 3.63) is 23.9 Å². The molecule has 0 saturated carbocycles. The fraction of sp³-hybridized carbons (Fsp3) is 0.462. The van der Waals surface area contributed by atoms with Crippen LogP contribution in [0.25, 0.3) is 10.9 Å². The minimum atomic E-state index is 1.09. The van der Waals surface area contributed by atoms with Gasteiger partial charge in [-0.25, -0.2) is 0 Å². The molecule has 16 heavy (non-hydrogen) atoms. The van der Waals surface area contributed by atoms with E-state index >= 15 is 0 Å². The van der Waals surface area contributed by atoms with Gasteiger partial charge in [-0.1, -0.05) is 19.8 Å². The van der Waals surface area contributed by atoms with E-state index in [1.54, 1.807) is 11.8 Å². The number of aromatic nitrogens is 2. The summed E-state index contributed by atoms with van der Waals surface area (Å²) in [5.74, 6) is 0. The Morgan fingerprint density at radius 2 is 2.19 bits per heavy atom. The maximum absolute atomic E-state index is 4.41. The maximum atomic E-state index is 4.41. The zero-order valence-corrected chi connectivity index (χ0v) is 10.7. The first-order valence-corrected chi connectivity index (χ1v) is 7.08. The van der Waals surface area contributed by atoms with Gasteiger partial charge in [-0.2, -0.15) is 5.10 Å². The van der Waals surface area contributed by atoms with Crippen LogP contribution in [0.15, 0.2) is 23.1 Å². The van der Waals surface area contributed by atoms with Crippen LogP contribution in [0.1, 0.15) is 31.9 Å². The summed E-state index contributed by atoms with van der Waals surface area (Å²) in [6, 6.07) is 6.50. The molecule has 0 bridgehead atoms. The molecule has 86 valence electrons. The SMILES string of the molecule is CCCCCc1n[nH]c2ccc(SC)cc12. The Kier molecular flexibility index (Phi) is 3.88. The molecule has 1 aromatic carbocycles. The minimum Gasteiger partial charge on any atom is -0.278 e. The Bertz CT molecular complexity index is 462. The first-order chi connectivity index (χ1) is 7.85. The number of aryl methyl sites for hydroxylation is 1. The summed E-state index contributed by atoms with van der Waals surface area (Å²) < 4.78 is 0. The summed E-state index contributed by atoms with van der Waals surface area (Å²) in [5.41, 5.74) is 2.38. The van der Waals surface area contributed by atoms with Crippen LogP contribution < -0.4 is 0 Å². The molecule has 0 atom stereocenters. The Hall–Kier alpha value is -0.960. The van der Waals surface area contributed by atoms with Gasteiger partial charge in [-0.3, -0.25) is 5.10 Å². The Balaban J connectivity index is 2.24. The van der Waals surface area contributed by atoms with Crippen molar-refractivity contribution in [1.29, 1.82) is 0 Å². The molecule has 2 aromatic rings. The Morgan fingerprint density at radius 3 is 2.94 bits per heavy atom. The highest BCUT2D eigenvalue weighted by Gasteiger charge is 2.05. The minimum absolute atomic E-state index is 1.09. The van der Waals surface area contributed by atoms with Crippen molar-refractivity contribution in [2.45, 2.75) is 37.5 Å². The van der Waals surface area contributed by atoms with Crippen LogP contribution in [0.4, 0.5) is 0 Å². The number of H-pyrrole nitrogens is 1. The summed E-state index contributed by atoms with van der Waals surface area (Å²) in [6.45, 7) is 2.23. The van der Waals surface area contributed by atoms with Crippen LogP contribution >= 0.6 is 11.8 Å². The van der Waals surface area contributed by atoms with Crippen molar-refractivity contribution in [3.8, 4) is 0 Å². The summed E-state index contributed by atoms with van der Waals surface area (Å²) >= 11 is 1.78. The van der Waals surface area contributed by atoms with Gasteiger partial charge in [0.2, 0.25) is 0 Å². The summed E-state index contributed by atoms with van der Waals surface area (Å²) in [5, 5.41) is 8.81. The molecule has 0 unspecified atom stereocenters. The predicted molar refractivity (Wildman–Crippen MR) is 71.1 cm³/mol. The quantitative estimate of drug-likeness (QED) is 0.625. The van der Waals surface area contributed by atoms with Crippen molar-refractivity contribution < 1.29 is 0 Å². The third-order valence-corrected chi connectivity index (χ3v) is 3.59. The van der Waals surface area contributed by atoms with Crippen molar-refractivity contribution in [3.63, 3.8) is 0 Å². The number of nitrogens with one attached hydrogen (secondary N) is 1. The molecule has 0 aliphatic rings. The zero-order chi connectivity index (χ0) is 11.4. The lowest BCUT2D eigenvalue weighted by atomic mass is 10.1. The second-order valence-electron chi connectivity index (χ2n) is 4.04. The highest BCUT2D eigenvalue weighted by molar-refractivity contribution is 7.98. The number of nitrogens with zero attached hydrogens (tertiary/aromatic N) is 1. The standard InChI is InChI=1S/C13H18N2S/c1-3-4-5-6-12-11-9-10(16-2)7-8-13(11)15-14-12/h7-9H,3-6H2,1-2H3,(H,14,15). The van der Waals surface area contributed by atoms with Gasteiger partial charge in [0, 0.05) is 10.3 Å². The fourth-order valence-corrected chi connectivity index (χ4v) is 2.35. The number of hydrogen-bond acceptors (Lipinski definition) is 2. The van der Waals surface area contributed by atoms with Crippen molar-refractivity contribution in [2.75, 3.05) is 6.26 Å². The Morgan fingerprint density at radius 1 is 1.31 bits per heavy atom. The van der Waals surface area contributed by atoms with Crippen LogP contribution in [-0.4, -0.2) is 16.5 Å². The lowest BCUT2D eigenvalue weighted by Gasteiger charge is -1.99. The zero-order valence-electron chi connectivity index (χ0n) is 9.92. The molecule has 2 rings (SSSR count). The van der Waals surface area contributed by atoms with Gasteiger partial charge in [-0.15, -0.1) is 11.8 Å². The third kappa shape index (κ3) is 2.40. The van der Waals surface area contributed by atoms with Crippen LogP contribution in [0.2, 0.25) is 0 Å². The molecule has 0 radical (unpaired) electrons. The average Bonchev–Trinajstić information content (AvgIpc) is 2.72. The van der Waals surface area contributed by atoms with Gasteiger partial charge in [0.1, 0.15) is 0 Å². The maximum Gasteiger partial charge on any atom is 0.0701 e. The molecule has 3 heteroatoms. The molecule has 1 N–H and O–H groups in total. The normalized spacial score (nSPS) is 11.1. The smallest absolute Gasteiger partial charge is 0.0701 e. The van der Waals surface area contributed by atoms with E-state index in [1.165, 1.54) is 35.2 Å². The molecular weight excluding hydrogens is 216 g/mol. The van der Waals surface area contributed by atoms with E-state index in [0.717, 1.165) is 11.9 Å². The molecule has 0 amide bonds. The molecule has 1 heterocycles. The predicted octanol–water partition coefficient (Wildman–Crippen LogP) is 4.02. The summed E-state index contributed by atoms with van der Waals surface area (Å²) in [7, 11) is 0. The monoisotopic (exact) mass is 234 g/mol. The van der Waals surface area contributed by atoms with Gasteiger partial charge in [-0.05, 0) is 37.3 Å². The van der Waals surface area contributed by atoms with Crippen LogP contribution in [0, 0.1) is 0 Å². The highest BCUT2D eigenvalue weighted by Crippen LogP contribution is 2.23. The average molecular weight is 234 g/mol. The number of hydrogen-bond donors (Lipinski definition) is 1. The second-order valence-corrected chi connectivity index (χ2v) is 4.92. The molecule has 0 aliphatic heterocycles. The fourth-order valence-electron chi connectivity index (χ4n) is 1.91. The second kappa shape index (κ2) is 5.39. The van der Waals surface area contributed by atoms with Gasteiger partial charge in [0.05, 0.1) is 11.2 Å². The van der Waals surface area contributed by atoms with E-state index in [-0.39, 0.29) is 0 Å². The number of thioether (sulfide) groups is 1. The van der Waals surface area contributed by atoms with Crippen molar-refractivity contribution in [1.82, 2.24) is 10.2 Å². The van der Waals surface area contributed by atoms with E-state index in [0.29, 0.717) is 0 Å². The van der Waals surface area contributed by atoms with Crippen molar-refractivity contribution >= 4 is 22.7 Å². The molecule has 0 aliphatic carbocycles. The number of rotatable bonds is 5. The number of benzene rings is 1. The van der Waals surface area contributed by atoms with E-state index in [1.807, 2.05) is 0 Å². The molecule has 0 saturated heterocycles. The van der Waals surface area contributed by atoms with Gasteiger partial charge >= 0.3 is 0 Å². The van der Waals surface area contributed by atoms with E-state index in [9.17, 15) is 0 Å². The first-order valence-electron chi connectivity index (χ1n) is 5.86. The van der Waals surface area contributed by atoms with Crippen molar-refractivity contribution in [2.24, 2.45) is 0 Å². The van der Waals surface area contributed by atoms with Crippen LogP contribution in [-0.2, 0) is 6.42 Å². The molecule has 0 fully saturated rings. The number of fused-ring (bicyclic) bond motifs is 1. The summed E-state index contributed by atoms with van der Waals surface area (Å²) in [6.07, 6.45) is 6.98. The Labute approximate surface area is 101 Å². The number of unbranched alkanes of at least 4 members (excludes halogenated alkanes) is 2. The number of aromatic amines is 1. The lowest BCUT2D eigenvalue weighted by molar-refractivity contribution is 0.707.